The van der Waals surface area contributed by atoms with Gasteiger partial charge in [0.05, 0.1) is 40.0 Å². The number of nitrogens with one attached hydrogen (secondary N) is 8. The van der Waals surface area contributed by atoms with Gasteiger partial charge in [0.2, 0.25) is 0 Å². The van der Waals surface area contributed by atoms with Crippen LogP contribution in [0.25, 0.3) is 22.5 Å². The number of pyridine rings is 4. The first-order chi connectivity index (χ1) is 39.3. The van der Waals surface area contributed by atoms with E-state index in [0.29, 0.717) is 89.2 Å². The average Bonchev–Trinajstić information content (AvgIpc) is 3.49. The van der Waals surface area contributed by atoms with Crippen molar-refractivity contribution in [2.24, 2.45) is 0 Å². The van der Waals surface area contributed by atoms with E-state index in [0.717, 1.165) is 69.7 Å². The zero-order valence-electron chi connectivity index (χ0n) is 46.2. The van der Waals surface area contributed by atoms with E-state index < -0.39 is 23.7 Å². The number of rotatable bonds is 22. The molecule has 0 unspecified atom stereocenters. The molecule has 21 nitrogen and oxygen atoms in total. The van der Waals surface area contributed by atoms with Crippen molar-refractivity contribution in [1.29, 1.82) is 0 Å². The van der Waals surface area contributed by atoms with Crippen molar-refractivity contribution in [3.63, 3.8) is 0 Å². The monoisotopic (exact) mass is 1110 g/mol. The number of aromatic nitrogens is 4. The number of nitrogens with zero attached hydrogens (tertiary/aromatic N) is 6. The number of carbonyl (C=O) groups excluding carboxylic acids is 4. The van der Waals surface area contributed by atoms with Gasteiger partial charge in [0.1, 0.15) is 34.9 Å². The Bertz CT molecular complexity index is 3030. The highest BCUT2D eigenvalue weighted by molar-refractivity contribution is 6.00. The molecule has 0 radical (unpaired) electrons. The Morgan fingerprint density at radius 2 is 1.07 bits per heavy atom. The number of piperidine rings is 2. The highest BCUT2D eigenvalue weighted by atomic mass is 19.1. The van der Waals surface area contributed by atoms with E-state index in [1.54, 1.807) is 80.2 Å². The van der Waals surface area contributed by atoms with Crippen LogP contribution >= 0.6 is 0 Å². The number of hydrogen-bond acceptors (Lipinski definition) is 15. The van der Waals surface area contributed by atoms with E-state index >= 15 is 0 Å². The number of halogens is 2. The fraction of sp³-hybridized carbons (Fsp3) is 0.379. The molecule has 4 aromatic heterocycles. The van der Waals surface area contributed by atoms with E-state index in [9.17, 15) is 28.0 Å². The molecular weight excluding hydrogens is 1040 g/mol. The number of urea groups is 2. The molecule has 0 saturated carbocycles. The first-order valence-electron chi connectivity index (χ1n) is 27.4. The molecule has 430 valence electrons. The minimum absolute atomic E-state index is 0.0241. The largest absolute Gasteiger partial charge is 0.384 e. The molecule has 23 heteroatoms. The van der Waals surface area contributed by atoms with E-state index in [1.807, 2.05) is 13.8 Å². The maximum Gasteiger partial charge on any atom is 0.319 e. The molecule has 6 amide bonds. The quantitative estimate of drug-likeness (QED) is 0.0292. The zero-order valence-corrected chi connectivity index (χ0v) is 46.2. The standard InChI is InChI=1S/C29H37FN8O3.C29H37FN8O2/c1-3-32-27-22(28(39)33-12-15-38-13-10-21(41-2)11-14-38)6-8-24(36-27)20-5-7-25(23(30)16-20)37-29(40)35-18-19-4-9-26(31)34-17-19;1-2-32-27-22(28(39)33-13-6-16-38-14-4-3-5-15-38)9-11-24(36-27)21-8-10-25(23(30)17-21)37-29(40)35-19-20-7-12-26(31)34-18-20/h4-9,16-17,21H,3,10-15,18H2,1-2H3,(H2,31,34)(H,32,36)(H,33,39)(H2,35,37,40);7-12,17-18H,2-6,13-16,19H2,1H3,(H2,31,34)(H,32,36)(H,33,39)(H2,35,37,40). The number of ether oxygens (including phenoxy) is 1. The molecule has 2 aliphatic heterocycles. The van der Waals surface area contributed by atoms with Crippen molar-refractivity contribution < 1.29 is 32.7 Å². The van der Waals surface area contributed by atoms with Crippen LogP contribution in [0, 0.1) is 11.6 Å². The summed E-state index contributed by atoms with van der Waals surface area (Å²) < 4.78 is 35.2. The number of anilines is 6. The lowest BCUT2D eigenvalue weighted by Crippen LogP contribution is -2.41. The minimum Gasteiger partial charge on any atom is -0.384 e. The molecule has 0 aliphatic carbocycles. The van der Waals surface area contributed by atoms with Crippen LogP contribution in [-0.4, -0.2) is 132 Å². The maximum absolute atomic E-state index is 14.9. The lowest BCUT2D eigenvalue weighted by molar-refractivity contribution is 0.0413. The third-order valence-electron chi connectivity index (χ3n) is 13.6. The van der Waals surface area contributed by atoms with Gasteiger partial charge < -0.3 is 68.5 Å². The van der Waals surface area contributed by atoms with Crippen LogP contribution in [-0.2, 0) is 17.8 Å². The summed E-state index contributed by atoms with van der Waals surface area (Å²) in [5.41, 5.74) is 15.6. The molecule has 2 fully saturated rings. The maximum atomic E-state index is 14.9. The number of hydrogen-bond donors (Lipinski definition) is 10. The van der Waals surface area contributed by atoms with Crippen molar-refractivity contribution in [2.45, 2.75) is 71.6 Å². The number of carbonyl (C=O) groups is 4. The lowest BCUT2D eigenvalue weighted by Gasteiger charge is -2.31. The third-order valence-corrected chi connectivity index (χ3v) is 13.6. The first kappa shape index (κ1) is 60.1. The predicted molar refractivity (Wildman–Crippen MR) is 313 cm³/mol. The Labute approximate surface area is 471 Å². The molecule has 0 bridgehead atoms. The highest BCUT2D eigenvalue weighted by Crippen LogP contribution is 2.28. The Morgan fingerprint density at radius 1 is 0.593 bits per heavy atom. The zero-order chi connectivity index (χ0) is 57.5. The Balaban J connectivity index is 0.000000234. The molecule has 2 aliphatic rings. The van der Waals surface area contributed by atoms with Crippen LogP contribution in [0.2, 0.25) is 0 Å². The summed E-state index contributed by atoms with van der Waals surface area (Å²) in [6.45, 7) is 12.4. The second-order valence-electron chi connectivity index (χ2n) is 19.5. The normalized spacial score (nSPS) is 13.7. The number of methoxy groups -OCH3 is 1. The van der Waals surface area contributed by atoms with Gasteiger partial charge in [-0.3, -0.25) is 9.59 Å². The SMILES string of the molecule is CCNc1nc(-c2ccc(NC(=O)NCc3ccc(N)nc3)c(F)c2)ccc1C(=O)NCCCN1CCCCC1.CCNc1nc(-c2ccc(NC(=O)NCc3ccc(N)nc3)c(F)c2)ccc1C(=O)NCCN1CCC(OC)CC1. The predicted octanol–water partition coefficient (Wildman–Crippen LogP) is 7.68. The molecule has 2 saturated heterocycles. The second-order valence-corrected chi connectivity index (χ2v) is 19.5. The molecular formula is C58H74F2N16O5. The van der Waals surface area contributed by atoms with Crippen molar-refractivity contribution in [3.8, 4) is 22.5 Å². The van der Waals surface area contributed by atoms with Crippen molar-refractivity contribution in [2.75, 3.05) is 105 Å². The number of likely N-dealkylation sites (tertiary alicyclic amines) is 2. The van der Waals surface area contributed by atoms with Gasteiger partial charge in [0.15, 0.2) is 0 Å². The van der Waals surface area contributed by atoms with Crippen molar-refractivity contribution in [3.05, 3.63) is 131 Å². The third kappa shape index (κ3) is 18.5. The Hall–Kier alpha value is -8.54. The van der Waals surface area contributed by atoms with Gasteiger partial charge in [-0.15, -0.1) is 0 Å². The smallest absolute Gasteiger partial charge is 0.319 e. The molecule has 0 spiro atoms. The van der Waals surface area contributed by atoms with E-state index in [4.69, 9.17) is 16.2 Å². The summed E-state index contributed by atoms with van der Waals surface area (Å²) in [5.74, 6) is -0.0122. The molecule has 12 N–H and O–H groups in total. The van der Waals surface area contributed by atoms with Crippen LogP contribution in [0.5, 0.6) is 0 Å². The Morgan fingerprint density at radius 3 is 1.52 bits per heavy atom. The molecule has 6 aromatic rings. The number of benzene rings is 2. The number of nitrogen functional groups attached to an aromatic ring is 2. The van der Waals surface area contributed by atoms with Crippen LogP contribution in [0.4, 0.5) is 53.0 Å². The van der Waals surface area contributed by atoms with Crippen molar-refractivity contribution >= 4 is 58.5 Å². The second kappa shape index (κ2) is 30.7. The lowest BCUT2D eigenvalue weighted by atomic mass is 10.1. The molecule has 6 heterocycles. The summed E-state index contributed by atoms with van der Waals surface area (Å²) in [6.07, 6.45) is 10.1. The van der Waals surface area contributed by atoms with E-state index in [2.05, 4.69) is 72.3 Å². The van der Waals surface area contributed by atoms with Crippen molar-refractivity contribution in [1.82, 2.24) is 51.0 Å². The van der Waals surface area contributed by atoms with Crippen LogP contribution in [0.1, 0.15) is 84.2 Å². The molecule has 8 rings (SSSR count). The fourth-order valence-electron chi connectivity index (χ4n) is 9.12. The summed E-state index contributed by atoms with van der Waals surface area (Å²) in [5, 5.41) is 22.6. The summed E-state index contributed by atoms with van der Waals surface area (Å²) in [4.78, 5) is 72.2. The first-order valence-corrected chi connectivity index (χ1v) is 27.4. The van der Waals surface area contributed by atoms with Gasteiger partial charge in [-0.2, -0.15) is 0 Å². The van der Waals surface area contributed by atoms with E-state index in [-0.39, 0.29) is 36.3 Å². The molecule has 2 aromatic carbocycles. The summed E-state index contributed by atoms with van der Waals surface area (Å²) in [6, 6.07) is 21.3. The summed E-state index contributed by atoms with van der Waals surface area (Å²) >= 11 is 0. The van der Waals surface area contributed by atoms with Crippen LogP contribution in [0.15, 0.2) is 97.3 Å². The van der Waals surface area contributed by atoms with Crippen LogP contribution in [0.3, 0.4) is 0 Å². The van der Waals surface area contributed by atoms with Gasteiger partial charge in [-0.25, -0.2) is 38.3 Å². The topological polar surface area (TPSA) is 284 Å². The van der Waals surface area contributed by atoms with Gasteiger partial charge in [-0.1, -0.05) is 30.7 Å². The van der Waals surface area contributed by atoms with E-state index in [1.165, 1.54) is 43.5 Å². The van der Waals surface area contributed by atoms with Gasteiger partial charge in [0, 0.05) is 89.5 Å². The van der Waals surface area contributed by atoms with Gasteiger partial charge >= 0.3 is 12.1 Å². The Kier molecular flexibility index (Phi) is 22.8. The number of nitrogens with two attached hydrogens (primary N) is 2. The molecule has 0 atom stereocenters. The van der Waals surface area contributed by atoms with Gasteiger partial charge in [0.25, 0.3) is 11.8 Å². The highest BCUT2D eigenvalue weighted by Gasteiger charge is 2.21. The number of amides is 6. The van der Waals surface area contributed by atoms with Gasteiger partial charge in [-0.05, 0) is 137 Å². The van der Waals surface area contributed by atoms with Crippen LogP contribution < -0.4 is 54.0 Å². The average molecular weight is 1110 g/mol. The molecule has 81 heavy (non-hydrogen) atoms. The minimum atomic E-state index is -0.616. The summed E-state index contributed by atoms with van der Waals surface area (Å²) in [7, 11) is 1.75. The fourth-order valence-corrected chi connectivity index (χ4v) is 9.12.